The molecule has 2 aromatic carbocycles. The normalized spacial score (nSPS) is 16.2. The van der Waals surface area contributed by atoms with E-state index in [2.05, 4.69) is 72.3 Å². The van der Waals surface area contributed by atoms with Gasteiger partial charge >= 0.3 is 0 Å². The first kappa shape index (κ1) is 17.0. The molecule has 2 aromatic rings. The van der Waals surface area contributed by atoms with Crippen LogP contribution in [0.15, 0.2) is 48.5 Å². The summed E-state index contributed by atoms with van der Waals surface area (Å²) in [5.74, 6) is 1.07. The number of likely N-dealkylation sites (N-methyl/N-ethyl adjacent to an activating group) is 1. The average Bonchev–Trinajstić information content (AvgIpc) is 2.60. The van der Waals surface area contributed by atoms with Gasteiger partial charge in [-0.15, -0.1) is 0 Å². The number of rotatable bonds is 6. The zero-order valence-electron chi connectivity index (χ0n) is 14.9. The third-order valence-electron chi connectivity index (χ3n) is 4.78. The summed E-state index contributed by atoms with van der Waals surface area (Å²) in [5, 5.41) is 0. The molecule has 1 aliphatic rings. The molecule has 3 heteroatoms. The number of para-hydroxylation sites is 1. The molecule has 0 atom stereocenters. The van der Waals surface area contributed by atoms with Gasteiger partial charge in [0.1, 0.15) is 12.4 Å². The highest BCUT2D eigenvalue weighted by Gasteiger charge is 2.14. The second-order valence-electron chi connectivity index (χ2n) is 6.72. The Bertz CT molecular complexity index is 634. The van der Waals surface area contributed by atoms with Gasteiger partial charge in [-0.05, 0) is 30.7 Å². The van der Waals surface area contributed by atoms with Gasteiger partial charge in [-0.25, -0.2) is 0 Å². The lowest BCUT2D eigenvalue weighted by Crippen LogP contribution is -2.45. The molecule has 0 unspecified atom stereocenters. The Hall–Kier alpha value is -1.84. The molecular weight excluding hydrogens is 296 g/mol. The van der Waals surface area contributed by atoms with Crippen LogP contribution in [-0.2, 0) is 6.42 Å². The lowest BCUT2D eigenvalue weighted by molar-refractivity contribution is 0.133. The van der Waals surface area contributed by atoms with Crippen molar-refractivity contribution < 1.29 is 4.74 Å². The molecule has 0 bridgehead atoms. The zero-order valence-corrected chi connectivity index (χ0v) is 14.9. The Morgan fingerprint density at radius 1 is 0.917 bits per heavy atom. The van der Waals surface area contributed by atoms with E-state index in [1.165, 1.54) is 16.7 Å². The van der Waals surface area contributed by atoms with E-state index in [0.29, 0.717) is 0 Å². The minimum Gasteiger partial charge on any atom is -0.492 e. The van der Waals surface area contributed by atoms with E-state index in [1.807, 2.05) is 0 Å². The van der Waals surface area contributed by atoms with E-state index in [1.54, 1.807) is 0 Å². The van der Waals surface area contributed by atoms with Gasteiger partial charge in [0, 0.05) is 39.1 Å². The second-order valence-corrected chi connectivity index (χ2v) is 6.72. The first-order valence-corrected chi connectivity index (χ1v) is 8.88. The van der Waals surface area contributed by atoms with Crippen LogP contribution in [0.1, 0.15) is 16.7 Å². The summed E-state index contributed by atoms with van der Waals surface area (Å²) in [6.07, 6.45) is 0.923. The number of nitrogens with zero attached hydrogens (tertiary/aromatic N) is 2. The van der Waals surface area contributed by atoms with Crippen molar-refractivity contribution in [2.45, 2.75) is 13.3 Å². The highest BCUT2D eigenvalue weighted by molar-refractivity contribution is 5.43. The van der Waals surface area contributed by atoms with Gasteiger partial charge in [0.05, 0.1) is 0 Å². The third kappa shape index (κ3) is 4.59. The van der Waals surface area contributed by atoms with Crippen molar-refractivity contribution in [2.24, 2.45) is 0 Å². The first-order chi connectivity index (χ1) is 11.7. The Morgan fingerprint density at radius 3 is 2.42 bits per heavy atom. The molecule has 3 rings (SSSR count). The Kier molecular flexibility index (Phi) is 5.89. The van der Waals surface area contributed by atoms with Gasteiger partial charge in [0.2, 0.25) is 0 Å². The number of benzene rings is 2. The molecule has 0 saturated carbocycles. The maximum absolute atomic E-state index is 6.21. The fourth-order valence-corrected chi connectivity index (χ4v) is 3.22. The van der Waals surface area contributed by atoms with Crippen molar-refractivity contribution in [3.05, 3.63) is 65.2 Å². The van der Waals surface area contributed by atoms with Gasteiger partial charge in [-0.1, -0.05) is 48.5 Å². The van der Waals surface area contributed by atoms with E-state index in [0.717, 1.165) is 51.5 Å². The monoisotopic (exact) mass is 324 g/mol. The van der Waals surface area contributed by atoms with Crippen LogP contribution in [0.4, 0.5) is 0 Å². The molecule has 1 saturated heterocycles. The summed E-state index contributed by atoms with van der Waals surface area (Å²) in [5.41, 5.74) is 3.83. The standard InChI is InChI=1S/C21H28N2O/c1-18-7-6-10-20(17-19-8-4-3-5-9-19)21(18)24-16-15-23-13-11-22(2)12-14-23/h3-10H,11-17H2,1-2H3. The number of hydrogen-bond acceptors (Lipinski definition) is 3. The predicted octanol–water partition coefficient (Wildman–Crippen LogP) is 3.21. The van der Waals surface area contributed by atoms with Crippen LogP contribution in [0.5, 0.6) is 5.75 Å². The summed E-state index contributed by atoms with van der Waals surface area (Å²) in [4.78, 5) is 4.88. The van der Waals surface area contributed by atoms with Crippen LogP contribution in [0.25, 0.3) is 0 Å². The summed E-state index contributed by atoms with van der Waals surface area (Å²) in [7, 11) is 2.19. The van der Waals surface area contributed by atoms with Crippen molar-refractivity contribution in [1.82, 2.24) is 9.80 Å². The fourth-order valence-electron chi connectivity index (χ4n) is 3.22. The first-order valence-electron chi connectivity index (χ1n) is 8.88. The van der Waals surface area contributed by atoms with Crippen molar-refractivity contribution in [3.63, 3.8) is 0 Å². The summed E-state index contributed by atoms with van der Waals surface area (Å²) < 4.78 is 6.21. The van der Waals surface area contributed by atoms with Crippen LogP contribution < -0.4 is 4.74 Å². The maximum Gasteiger partial charge on any atom is 0.125 e. The van der Waals surface area contributed by atoms with Crippen LogP contribution in [-0.4, -0.2) is 56.2 Å². The molecule has 1 aliphatic heterocycles. The molecule has 3 nitrogen and oxygen atoms in total. The molecular formula is C21H28N2O. The van der Waals surface area contributed by atoms with E-state index in [4.69, 9.17) is 4.74 Å². The van der Waals surface area contributed by atoms with Crippen LogP contribution >= 0.6 is 0 Å². The highest BCUT2D eigenvalue weighted by atomic mass is 16.5. The highest BCUT2D eigenvalue weighted by Crippen LogP contribution is 2.26. The summed E-state index contributed by atoms with van der Waals surface area (Å²) >= 11 is 0. The fraction of sp³-hybridized carbons (Fsp3) is 0.429. The lowest BCUT2D eigenvalue weighted by Gasteiger charge is -2.32. The Morgan fingerprint density at radius 2 is 1.67 bits per heavy atom. The van der Waals surface area contributed by atoms with E-state index < -0.39 is 0 Å². The van der Waals surface area contributed by atoms with Gasteiger partial charge in [0.25, 0.3) is 0 Å². The third-order valence-corrected chi connectivity index (χ3v) is 4.78. The minimum atomic E-state index is 0.760. The zero-order chi connectivity index (χ0) is 16.8. The van der Waals surface area contributed by atoms with Gasteiger partial charge in [0.15, 0.2) is 0 Å². The van der Waals surface area contributed by atoms with Crippen molar-refractivity contribution in [3.8, 4) is 5.75 Å². The molecule has 0 aliphatic carbocycles. The molecule has 0 amide bonds. The second kappa shape index (κ2) is 8.32. The topological polar surface area (TPSA) is 15.7 Å². The number of ether oxygens (including phenoxy) is 1. The lowest BCUT2D eigenvalue weighted by atomic mass is 10.0. The molecule has 128 valence electrons. The maximum atomic E-state index is 6.21. The van der Waals surface area contributed by atoms with E-state index in [-0.39, 0.29) is 0 Å². The number of aryl methyl sites for hydroxylation is 1. The molecule has 1 fully saturated rings. The predicted molar refractivity (Wildman–Crippen MR) is 99.9 cm³/mol. The number of hydrogen-bond donors (Lipinski definition) is 0. The largest absolute Gasteiger partial charge is 0.492 e. The summed E-state index contributed by atoms with van der Waals surface area (Å²) in [6, 6.07) is 17.1. The number of piperazine rings is 1. The SMILES string of the molecule is Cc1cccc(Cc2ccccc2)c1OCCN1CCN(C)CC1. The molecule has 1 heterocycles. The van der Waals surface area contributed by atoms with Gasteiger partial charge in [-0.3, -0.25) is 4.90 Å². The quantitative estimate of drug-likeness (QED) is 0.811. The van der Waals surface area contributed by atoms with Crippen molar-refractivity contribution >= 4 is 0 Å². The van der Waals surface area contributed by atoms with E-state index >= 15 is 0 Å². The molecule has 0 radical (unpaired) electrons. The Labute approximate surface area is 145 Å². The summed E-state index contributed by atoms with van der Waals surface area (Å²) in [6.45, 7) is 8.51. The van der Waals surface area contributed by atoms with Gasteiger partial charge in [-0.2, -0.15) is 0 Å². The molecule has 0 N–H and O–H groups in total. The smallest absolute Gasteiger partial charge is 0.125 e. The molecule has 0 spiro atoms. The van der Waals surface area contributed by atoms with Gasteiger partial charge < -0.3 is 9.64 Å². The molecule has 0 aromatic heterocycles. The van der Waals surface area contributed by atoms with Crippen molar-refractivity contribution in [2.75, 3.05) is 46.4 Å². The van der Waals surface area contributed by atoms with Crippen LogP contribution in [0.3, 0.4) is 0 Å². The molecule has 24 heavy (non-hydrogen) atoms. The average molecular weight is 324 g/mol. The minimum absolute atomic E-state index is 0.760. The van der Waals surface area contributed by atoms with Crippen LogP contribution in [0.2, 0.25) is 0 Å². The Balaban J connectivity index is 1.60. The van der Waals surface area contributed by atoms with Crippen molar-refractivity contribution in [1.29, 1.82) is 0 Å². The van der Waals surface area contributed by atoms with Crippen LogP contribution in [0, 0.1) is 6.92 Å². The van der Waals surface area contributed by atoms with E-state index in [9.17, 15) is 0 Å².